The molecule has 0 aliphatic rings. The van der Waals surface area contributed by atoms with Crippen LogP contribution >= 0.6 is 0 Å². The van der Waals surface area contributed by atoms with Gasteiger partial charge in [0.15, 0.2) is 0 Å². The molecule has 0 aliphatic carbocycles. The molecule has 2 aromatic rings. The lowest BCUT2D eigenvalue weighted by Gasteiger charge is -2.20. The molecule has 2 aromatic carbocycles. The topological polar surface area (TPSA) is 69.7 Å². The molecule has 0 spiro atoms. The Morgan fingerprint density at radius 1 is 1.07 bits per heavy atom. The van der Waals surface area contributed by atoms with Crippen LogP contribution in [0.3, 0.4) is 0 Å². The van der Waals surface area contributed by atoms with Gasteiger partial charge in [0.1, 0.15) is 0 Å². The average molecular weight is 390 g/mol. The van der Waals surface area contributed by atoms with Gasteiger partial charge in [0.25, 0.3) is 0 Å². The molecule has 0 atom stereocenters. The van der Waals surface area contributed by atoms with Gasteiger partial charge >= 0.3 is 0 Å². The van der Waals surface area contributed by atoms with Crippen molar-refractivity contribution in [1.29, 1.82) is 0 Å². The highest BCUT2D eigenvalue weighted by atomic mass is 32.2. The minimum atomic E-state index is -3.41. The summed E-state index contributed by atoms with van der Waals surface area (Å²) in [7, 11) is 0.480. The smallest absolute Gasteiger partial charge is 0.225 e. The fraction of sp³-hybridized carbons (Fsp3) is 0.350. The van der Waals surface area contributed by atoms with Gasteiger partial charge in [-0.3, -0.25) is 4.79 Å². The highest BCUT2D eigenvalue weighted by molar-refractivity contribution is 7.88. The van der Waals surface area contributed by atoms with Crippen molar-refractivity contribution in [3.8, 4) is 0 Å². The molecule has 7 heteroatoms. The van der Waals surface area contributed by atoms with Gasteiger partial charge in [-0.15, -0.1) is 0 Å². The van der Waals surface area contributed by atoms with Gasteiger partial charge in [-0.25, -0.2) is 8.42 Å². The van der Waals surface area contributed by atoms with Crippen molar-refractivity contribution in [1.82, 2.24) is 4.31 Å². The van der Waals surface area contributed by atoms with Crippen LogP contribution in [0.15, 0.2) is 48.5 Å². The van der Waals surface area contributed by atoms with E-state index < -0.39 is 10.0 Å². The molecule has 0 bridgehead atoms. The van der Waals surface area contributed by atoms with Gasteiger partial charge in [-0.2, -0.15) is 4.31 Å². The van der Waals surface area contributed by atoms with Crippen molar-refractivity contribution in [3.05, 3.63) is 59.7 Å². The molecule has 0 saturated carbocycles. The van der Waals surface area contributed by atoms with Crippen molar-refractivity contribution in [2.45, 2.75) is 19.9 Å². The second kappa shape index (κ2) is 9.01. The first-order valence-corrected chi connectivity index (χ1v) is 10.6. The van der Waals surface area contributed by atoms with E-state index >= 15 is 0 Å². The fourth-order valence-corrected chi connectivity index (χ4v) is 3.48. The number of amides is 1. The number of rotatable bonds is 8. The van der Waals surface area contributed by atoms with E-state index in [1.165, 1.54) is 10.6 Å². The number of hydrogen-bond donors (Lipinski definition) is 1. The van der Waals surface area contributed by atoms with Crippen LogP contribution in [0.4, 0.5) is 11.4 Å². The van der Waals surface area contributed by atoms with Gasteiger partial charge in [-0.1, -0.05) is 29.8 Å². The zero-order valence-corrected chi connectivity index (χ0v) is 17.1. The third-order valence-electron chi connectivity index (χ3n) is 4.17. The van der Waals surface area contributed by atoms with Crippen molar-refractivity contribution in [3.63, 3.8) is 0 Å². The van der Waals surface area contributed by atoms with Crippen LogP contribution in [0.1, 0.15) is 17.5 Å². The number of nitrogens with zero attached hydrogens (tertiary/aromatic N) is 2. The Hall–Kier alpha value is -2.38. The molecule has 0 saturated heterocycles. The second-order valence-corrected chi connectivity index (χ2v) is 8.81. The number of sulfonamides is 1. The molecule has 1 N–H and O–H groups in total. The number of hydrogen-bond acceptors (Lipinski definition) is 4. The summed E-state index contributed by atoms with van der Waals surface area (Å²) >= 11 is 0. The summed E-state index contributed by atoms with van der Waals surface area (Å²) in [5, 5.41) is 2.81. The highest BCUT2D eigenvalue weighted by Crippen LogP contribution is 2.16. The van der Waals surface area contributed by atoms with Crippen LogP contribution in [-0.2, 0) is 21.4 Å². The van der Waals surface area contributed by atoms with Crippen LogP contribution in [0.25, 0.3) is 0 Å². The van der Waals surface area contributed by atoms with E-state index in [0.29, 0.717) is 5.69 Å². The van der Waals surface area contributed by atoms with E-state index in [0.717, 1.165) is 16.8 Å². The van der Waals surface area contributed by atoms with E-state index in [-0.39, 0.29) is 25.4 Å². The minimum absolute atomic E-state index is 0.0916. The third-order valence-corrected chi connectivity index (χ3v) is 5.42. The zero-order valence-electron chi connectivity index (χ0n) is 16.3. The Morgan fingerprint density at radius 3 is 2.30 bits per heavy atom. The first kappa shape index (κ1) is 20.9. The van der Waals surface area contributed by atoms with E-state index in [2.05, 4.69) is 5.32 Å². The molecule has 0 radical (unpaired) electrons. The summed E-state index contributed by atoms with van der Waals surface area (Å²) < 4.78 is 25.5. The normalized spacial score (nSPS) is 11.4. The molecule has 27 heavy (non-hydrogen) atoms. The number of nitrogens with one attached hydrogen (secondary N) is 1. The molecule has 0 aromatic heterocycles. The second-order valence-electron chi connectivity index (χ2n) is 6.83. The summed E-state index contributed by atoms with van der Waals surface area (Å²) in [5.74, 6) is -0.217. The summed E-state index contributed by atoms with van der Waals surface area (Å²) in [5.41, 5.74) is 3.70. The monoisotopic (exact) mass is 389 g/mol. The van der Waals surface area contributed by atoms with Gasteiger partial charge in [-0.05, 0) is 36.8 Å². The maximum atomic E-state index is 12.2. The third kappa shape index (κ3) is 6.69. The van der Waals surface area contributed by atoms with E-state index in [1.54, 1.807) is 0 Å². The zero-order chi connectivity index (χ0) is 20.0. The summed E-state index contributed by atoms with van der Waals surface area (Å²) in [6, 6.07) is 15.2. The molecule has 2 rings (SSSR count). The molecule has 0 heterocycles. The van der Waals surface area contributed by atoms with E-state index in [1.807, 2.05) is 74.4 Å². The van der Waals surface area contributed by atoms with Gasteiger partial charge in [0.2, 0.25) is 15.9 Å². The molecule has 0 aliphatic heterocycles. The van der Waals surface area contributed by atoms with E-state index in [9.17, 15) is 13.2 Å². The lowest BCUT2D eigenvalue weighted by molar-refractivity contribution is -0.116. The Balaban J connectivity index is 1.96. The van der Waals surface area contributed by atoms with Crippen molar-refractivity contribution < 1.29 is 13.2 Å². The quantitative estimate of drug-likeness (QED) is 0.754. The van der Waals surface area contributed by atoms with Gasteiger partial charge in [0, 0.05) is 45.0 Å². The van der Waals surface area contributed by atoms with E-state index in [4.69, 9.17) is 0 Å². The van der Waals surface area contributed by atoms with Crippen LogP contribution in [-0.4, -0.2) is 45.5 Å². The van der Waals surface area contributed by atoms with Crippen LogP contribution in [0.2, 0.25) is 0 Å². The highest BCUT2D eigenvalue weighted by Gasteiger charge is 2.18. The Morgan fingerprint density at radius 2 is 1.74 bits per heavy atom. The summed E-state index contributed by atoms with van der Waals surface area (Å²) in [6.07, 6.45) is 1.26. The lowest BCUT2D eigenvalue weighted by Crippen LogP contribution is -2.32. The van der Waals surface area contributed by atoms with Crippen LogP contribution in [0.5, 0.6) is 0 Å². The Bertz CT molecular complexity index is 878. The Labute approximate surface area is 161 Å². The number of anilines is 2. The average Bonchev–Trinajstić information content (AvgIpc) is 2.58. The van der Waals surface area contributed by atoms with Crippen molar-refractivity contribution in [2.75, 3.05) is 37.1 Å². The molecular formula is C20H27N3O3S. The molecule has 0 fully saturated rings. The van der Waals surface area contributed by atoms with Crippen LogP contribution in [0, 0.1) is 6.92 Å². The predicted molar refractivity (Wildman–Crippen MR) is 110 cm³/mol. The van der Waals surface area contributed by atoms with Crippen LogP contribution < -0.4 is 10.2 Å². The predicted octanol–water partition coefficient (Wildman–Crippen LogP) is 2.85. The minimum Gasteiger partial charge on any atom is -0.378 e. The molecule has 6 nitrogen and oxygen atoms in total. The molecular weight excluding hydrogens is 362 g/mol. The van der Waals surface area contributed by atoms with Crippen molar-refractivity contribution >= 4 is 27.3 Å². The lowest BCUT2D eigenvalue weighted by atomic mass is 10.1. The maximum Gasteiger partial charge on any atom is 0.225 e. The number of aryl methyl sites for hydroxylation is 1. The molecule has 146 valence electrons. The first-order chi connectivity index (χ1) is 12.6. The molecule has 1 amide bonds. The van der Waals surface area contributed by atoms with Gasteiger partial charge in [0.05, 0.1) is 6.26 Å². The fourth-order valence-electron chi connectivity index (χ4n) is 2.67. The number of benzene rings is 2. The first-order valence-electron chi connectivity index (χ1n) is 8.73. The van der Waals surface area contributed by atoms with Crippen molar-refractivity contribution in [2.24, 2.45) is 0 Å². The molecule has 0 unspecified atom stereocenters. The summed E-state index contributed by atoms with van der Waals surface area (Å²) in [4.78, 5) is 14.2. The largest absolute Gasteiger partial charge is 0.378 e. The number of carbonyl (C=O) groups excluding carboxylic acids is 1. The standard InChI is InChI=1S/C20H27N3O3S/c1-16-6-5-7-17(14-16)15-23(27(4,25)26)13-12-20(24)21-18-8-10-19(11-9-18)22(2)3/h5-11,14H,12-13,15H2,1-4H3,(H,21,24). The Kier molecular flexibility index (Phi) is 6.98. The number of carbonyl (C=O) groups is 1. The maximum absolute atomic E-state index is 12.2. The summed E-state index contributed by atoms with van der Waals surface area (Å²) in [6.45, 7) is 2.35. The SMILES string of the molecule is Cc1cccc(CN(CCC(=O)Nc2ccc(N(C)C)cc2)S(C)(=O)=O)c1. The van der Waals surface area contributed by atoms with Gasteiger partial charge < -0.3 is 10.2 Å².